The third-order valence-corrected chi connectivity index (χ3v) is 8.75. The number of aliphatic hydroxyl groups excluding tert-OH is 1. The number of hydrogen-bond donors (Lipinski definition) is 2. The van der Waals surface area contributed by atoms with E-state index in [2.05, 4.69) is 17.1 Å². The molecular weight excluding hydrogens is 572 g/mol. The van der Waals surface area contributed by atoms with Crippen molar-refractivity contribution in [1.82, 2.24) is 29.3 Å². The smallest absolute Gasteiger partial charge is 0.391 e. The molecule has 236 valence electrons. The highest BCUT2D eigenvalue weighted by atomic mass is 16.5. The van der Waals surface area contributed by atoms with Crippen LogP contribution in [0.3, 0.4) is 0 Å². The molecular formula is C34H40N6O5. The molecule has 5 aromatic rings. The fraction of sp³-hybridized carbons (Fsp3) is 0.441. The maximum Gasteiger partial charge on any atom is 0.439 e. The van der Waals surface area contributed by atoms with Gasteiger partial charge >= 0.3 is 5.76 Å². The predicted octanol–water partition coefficient (Wildman–Crippen LogP) is 5.02. The summed E-state index contributed by atoms with van der Waals surface area (Å²) in [5.74, 6) is 1.02. The molecule has 1 atom stereocenters. The zero-order valence-corrected chi connectivity index (χ0v) is 26.0. The third-order valence-electron chi connectivity index (χ3n) is 8.75. The summed E-state index contributed by atoms with van der Waals surface area (Å²) in [6, 6.07) is 15.8. The molecule has 0 saturated heterocycles. The van der Waals surface area contributed by atoms with E-state index in [9.17, 15) is 14.7 Å². The number of hydrogen-bond acceptors (Lipinski definition) is 8. The number of aromatic amines is 1. The van der Waals surface area contributed by atoms with Crippen molar-refractivity contribution in [3.05, 3.63) is 92.1 Å². The van der Waals surface area contributed by atoms with Gasteiger partial charge in [0.25, 0.3) is 5.56 Å². The van der Waals surface area contributed by atoms with Gasteiger partial charge in [-0.05, 0) is 62.1 Å². The van der Waals surface area contributed by atoms with Gasteiger partial charge in [0.2, 0.25) is 5.78 Å². The number of aliphatic hydroxyl groups is 1. The standard InChI is InChI=1S/C34H40N6O5/c1-4-8-30-29(19-22-11-13-23(14-12-22)27-9-6-7-10-28(27)31-36-34(43)45-38-31)32(42)39(33-35-21(3)37-40(30)33)24-15-17-26(18-16-24)44-20-25(41)5-2/h6-7,9-14,24-26,41H,4-5,8,15-20H2,1-3H3,(H,36,38,43). The summed E-state index contributed by atoms with van der Waals surface area (Å²) in [7, 11) is 0. The number of nitrogens with one attached hydrogen (secondary N) is 1. The molecule has 6 rings (SSSR count). The Hall–Kier alpha value is -4.35. The molecule has 2 N–H and O–H groups in total. The van der Waals surface area contributed by atoms with Crippen molar-refractivity contribution in [2.75, 3.05) is 6.61 Å². The molecule has 1 aliphatic rings. The summed E-state index contributed by atoms with van der Waals surface area (Å²) in [4.78, 5) is 33.3. The second kappa shape index (κ2) is 13.3. The normalized spacial score (nSPS) is 17.6. The summed E-state index contributed by atoms with van der Waals surface area (Å²) in [6.45, 7) is 6.27. The van der Waals surface area contributed by atoms with E-state index < -0.39 is 11.9 Å². The monoisotopic (exact) mass is 612 g/mol. The van der Waals surface area contributed by atoms with Crippen molar-refractivity contribution in [3.63, 3.8) is 0 Å². The number of fused-ring (bicyclic) bond motifs is 1. The number of rotatable bonds is 11. The minimum Gasteiger partial charge on any atom is -0.391 e. The Morgan fingerprint density at radius 1 is 1.04 bits per heavy atom. The van der Waals surface area contributed by atoms with E-state index in [1.807, 2.05) is 71.5 Å². The van der Waals surface area contributed by atoms with Crippen molar-refractivity contribution in [3.8, 4) is 22.5 Å². The van der Waals surface area contributed by atoms with Crippen LogP contribution >= 0.6 is 0 Å². The maximum absolute atomic E-state index is 14.4. The molecule has 11 heteroatoms. The number of aromatic nitrogens is 6. The minimum atomic E-state index is -0.601. The lowest BCUT2D eigenvalue weighted by Gasteiger charge is -2.31. The summed E-state index contributed by atoms with van der Waals surface area (Å²) in [5, 5.41) is 18.5. The van der Waals surface area contributed by atoms with Crippen molar-refractivity contribution in [1.29, 1.82) is 0 Å². The van der Waals surface area contributed by atoms with Gasteiger partial charge in [0.1, 0.15) is 5.82 Å². The highest BCUT2D eigenvalue weighted by Gasteiger charge is 2.29. The van der Waals surface area contributed by atoms with Crippen LogP contribution in [-0.4, -0.2) is 53.2 Å². The first-order valence-corrected chi connectivity index (χ1v) is 15.9. The van der Waals surface area contributed by atoms with E-state index >= 15 is 0 Å². The molecule has 1 unspecified atom stereocenters. The van der Waals surface area contributed by atoms with Gasteiger partial charge in [-0.15, -0.1) is 0 Å². The Labute approximate surface area is 260 Å². The zero-order valence-electron chi connectivity index (χ0n) is 26.0. The average Bonchev–Trinajstić information content (AvgIpc) is 3.67. The van der Waals surface area contributed by atoms with Gasteiger partial charge < -0.3 is 9.84 Å². The largest absolute Gasteiger partial charge is 0.439 e. The third kappa shape index (κ3) is 6.41. The number of nitrogens with zero attached hydrogens (tertiary/aromatic N) is 5. The van der Waals surface area contributed by atoms with Gasteiger partial charge in [0.15, 0.2) is 5.82 Å². The highest BCUT2D eigenvalue weighted by molar-refractivity contribution is 5.80. The van der Waals surface area contributed by atoms with E-state index in [1.165, 1.54) is 0 Å². The minimum absolute atomic E-state index is 0.00387. The Morgan fingerprint density at radius 2 is 1.78 bits per heavy atom. The lowest BCUT2D eigenvalue weighted by molar-refractivity contribution is -0.0293. The topological polar surface area (TPSA) is 141 Å². The second-order valence-electron chi connectivity index (χ2n) is 11.9. The molecule has 45 heavy (non-hydrogen) atoms. The Kier molecular flexibility index (Phi) is 9.09. The van der Waals surface area contributed by atoms with Crippen LogP contribution in [0.15, 0.2) is 62.6 Å². The van der Waals surface area contributed by atoms with Crippen LogP contribution < -0.4 is 11.3 Å². The van der Waals surface area contributed by atoms with Crippen molar-refractivity contribution < 1.29 is 14.4 Å². The quantitative estimate of drug-likeness (QED) is 0.212. The first-order chi connectivity index (χ1) is 21.9. The van der Waals surface area contributed by atoms with Crippen LogP contribution in [0.2, 0.25) is 0 Å². The zero-order chi connectivity index (χ0) is 31.5. The molecule has 0 bridgehead atoms. The Morgan fingerprint density at radius 3 is 2.44 bits per heavy atom. The summed E-state index contributed by atoms with van der Waals surface area (Å²) in [6.07, 6.45) is 5.60. The molecule has 11 nitrogen and oxygen atoms in total. The molecule has 0 aliphatic heterocycles. The first kappa shape index (κ1) is 30.7. The van der Waals surface area contributed by atoms with E-state index in [-0.39, 0.29) is 17.7 Å². The molecule has 0 radical (unpaired) electrons. The Bertz CT molecular complexity index is 1880. The van der Waals surface area contributed by atoms with Crippen LogP contribution in [-0.2, 0) is 17.6 Å². The number of ether oxygens (including phenoxy) is 1. The summed E-state index contributed by atoms with van der Waals surface area (Å²) in [5.41, 5.74) is 5.28. The van der Waals surface area contributed by atoms with Crippen molar-refractivity contribution >= 4 is 5.78 Å². The predicted molar refractivity (Wildman–Crippen MR) is 170 cm³/mol. The molecule has 0 spiro atoms. The number of H-pyrrole nitrogens is 1. The molecule has 2 aromatic carbocycles. The number of benzene rings is 2. The summed E-state index contributed by atoms with van der Waals surface area (Å²) < 4.78 is 14.5. The molecule has 1 saturated carbocycles. The first-order valence-electron chi connectivity index (χ1n) is 15.9. The Balaban J connectivity index is 1.32. The van der Waals surface area contributed by atoms with Crippen LogP contribution in [0, 0.1) is 6.92 Å². The van der Waals surface area contributed by atoms with E-state index in [4.69, 9.17) is 19.3 Å². The van der Waals surface area contributed by atoms with E-state index in [0.29, 0.717) is 43.3 Å². The van der Waals surface area contributed by atoms with Gasteiger partial charge in [0.05, 0.1) is 24.5 Å². The molecule has 1 fully saturated rings. The lowest BCUT2D eigenvalue weighted by atomic mass is 9.92. The van der Waals surface area contributed by atoms with Crippen LogP contribution in [0.25, 0.3) is 28.3 Å². The maximum atomic E-state index is 14.4. The van der Waals surface area contributed by atoms with Gasteiger partial charge in [-0.3, -0.25) is 18.9 Å². The van der Waals surface area contributed by atoms with E-state index in [1.54, 1.807) is 0 Å². The molecule has 1 aliphatic carbocycles. The molecule has 3 aromatic heterocycles. The van der Waals surface area contributed by atoms with Gasteiger partial charge in [-0.1, -0.05) is 74.0 Å². The van der Waals surface area contributed by atoms with Crippen LogP contribution in [0.5, 0.6) is 0 Å². The fourth-order valence-corrected chi connectivity index (χ4v) is 6.36. The second-order valence-corrected chi connectivity index (χ2v) is 11.9. The van der Waals surface area contributed by atoms with Crippen LogP contribution in [0.1, 0.15) is 81.1 Å². The van der Waals surface area contributed by atoms with E-state index in [0.717, 1.165) is 65.6 Å². The van der Waals surface area contributed by atoms with Gasteiger partial charge in [-0.25, -0.2) is 9.31 Å². The van der Waals surface area contributed by atoms with Gasteiger partial charge in [-0.2, -0.15) is 10.1 Å². The summed E-state index contributed by atoms with van der Waals surface area (Å²) >= 11 is 0. The SMILES string of the molecule is CCCc1c(Cc2ccc(-c3ccccc3-c3noc(=O)[nH]3)cc2)c(=O)n(C2CCC(OCC(O)CC)CC2)c2nc(C)nn12. The number of aryl methyl sites for hydroxylation is 2. The molecule has 3 heterocycles. The lowest BCUT2D eigenvalue weighted by Crippen LogP contribution is -2.35. The fourth-order valence-electron chi connectivity index (χ4n) is 6.36. The highest BCUT2D eigenvalue weighted by Crippen LogP contribution is 2.32. The van der Waals surface area contributed by atoms with Crippen molar-refractivity contribution in [2.24, 2.45) is 0 Å². The van der Waals surface area contributed by atoms with Crippen LogP contribution in [0.4, 0.5) is 0 Å². The molecule has 0 amide bonds. The average molecular weight is 613 g/mol. The van der Waals surface area contributed by atoms with Crippen molar-refractivity contribution in [2.45, 2.75) is 90.4 Å². The van der Waals surface area contributed by atoms with Gasteiger partial charge in [0, 0.05) is 23.6 Å².